The van der Waals surface area contributed by atoms with Crippen LogP contribution in [0.4, 0.5) is 5.69 Å². The Kier molecular flexibility index (Phi) is 6.89. The fraction of sp³-hybridized carbons (Fsp3) is 0.625. The third kappa shape index (κ3) is 4.22. The Morgan fingerprint density at radius 3 is 2.42 bits per heavy atom. The zero-order chi connectivity index (χ0) is 14.3. The van der Waals surface area contributed by atoms with Crippen molar-refractivity contribution in [2.45, 2.75) is 46.3 Å². The average Bonchev–Trinajstić information content (AvgIpc) is 2.43. The topological polar surface area (TPSA) is 32.7 Å². The predicted octanol–water partition coefficient (Wildman–Crippen LogP) is 3.13. The smallest absolute Gasteiger partial charge is 0.0684 e. The molecule has 1 N–H and O–H groups in total. The van der Waals surface area contributed by atoms with E-state index in [9.17, 15) is 5.11 Å². The Labute approximate surface area is 117 Å². The minimum atomic E-state index is 0.106. The van der Waals surface area contributed by atoms with E-state index in [0.29, 0.717) is 6.04 Å². The molecule has 0 atom stereocenters. The largest absolute Gasteiger partial charge is 0.392 e. The molecular formula is C16H27NO2. The third-order valence-corrected chi connectivity index (χ3v) is 3.75. The molecule has 0 aliphatic carbocycles. The summed E-state index contributed by atoms with van der Waals surface area (Å²) in [6.45, 7) is 8.25. The number of aliphatic hydroxyl groups is 1. The molecule has 0 bridgehead atoms. The molecule has 0 aromatic heterocycles. The van der Waals surface area contributed by atoms with Gasteiger partial charge in [0.05, 0.1) is 13.2 Å². The van der Waals surface area contributed by atoms with Crippen LogP contribution in [0.1, 0.15) is 37.8 Å². The van der Waals surface area contributed by atoms with Crippen molar-refractivity contribution in [3.8, 4) is 0 Å². The fourth-order valence-electron chi connectivity index (χ4n) is 2.48. The molecule has 1 aromatic rings. The number of hydrogen-bond acceptors (Lipinski definition) is 3. The minimum Gasteiger partial charge on any atom is -0.392 e. The highest BCUT2D eigenvalue weighted by Crippen LogP contribution is 2.23. The number of hydrogen-bond donors (Lipinski definition) is 1. The lowest BCUT2D eigenvalue weighted by atomic mass is 10.1. The van der Waals surface area contributed by atoms with E-state index < -0.39 is 0 Å². The lowest BCUT2D eigenvalue weighted by Crippen LogP contribution is -2.37. The summed E-state index contributed by atoms with van der Waals surface area (Å²) in [7, 11) is 1.74. The summed E-state index contributed by atoms with van der Waals surface area (Å²) in [4.78, 5) is 2.41. The van der Waals surface area contributed by atoms with Gasteiger partial charge in [-0.1, -0.05) is 19.9 Å². The quantitative estimate of drug-likeness (QED) is 0.784. The van der Waals surface area contributed by atoms with Crippen LogP contribution in [0.2, 0.25) is 0 Å². The summed E-state index contributed by atoms with van der Waals surface area (Å²) < 4.78 is 5.23. The van der Waals surface area contributed by atoms with Gasteiger partial charge in [-0.25, -0.2) is 0 Å². The lowest BCUT2D eigenvalue weighted by Gasteiger charge is -2.33. The van der Waals surface area contributed by atoms with Crippen LogP contribution in [-0.2, 0) is 11.3 Å². The van der Waals surface area contributed by atoms with Crippen LogP contribution in [0.3, 0.4) is 0 Å². The highest BCUT2D eigenvalue weighted by molar-refractivity contribution is 5.51. The van der Waals surface area contributed by atoms with Crippen molar-refractivity contribution in [3.05, 3.63) is 29.3 Å². The van der Waals surface area contributed by atoms with Gasteiger partial charge in [0.25, 0.3) is 0 Å². The van der Waals surface area contributed by atoms with Gasteiger partial charge >= 0.3 is 0 Å². The first kappa shape index (κ1) is 16.0. The van der Waals surface area contributed by atoms with Crippen LogP contribution in [0, 0.1) is 6.92 Å². The van der Waals surface area contributed by atoms with Crippen LogP contribution >= 0.6 is 0 Å². The van der Waals surface area contributed by atoms with E-state index in [1.807, 2.05) is 6.07 Å². The van der Waals surface area contributed by atoms with Crippen LogP contribution < -0.4 is 4.90 Å². The van der Waals surface area contributed by atoms with Crippen molar-refractivity contribution in [3.63, 3.8) is 0 Å². The molecule has 108 valence electrons. The first-order chi connectivity index (χ1) is 9.17. The number of anilines is 1. The van der Waals surface area contributed by atoms with Crippen molar-refractivity contribution < 1.29 is 9.84 Å². The highest BCUT2D eigenvalue weighted by atomic mass is 16.5. The second-order valence-corrected chi connectivity index (χ2v) is 4.93. The SMILES string of the molecule is CCC(CC)N(CCOC)c1ccc(CO)c(C)c1. The second-order valence-electron chi connectivity index (χ2n) is 4.93. The zero-order valence-corrected chi connectivity index (χ0v) is 12.6. The molecule has 0 aliphatic heterocycles. The Morgan fingerprint density at radius 2 is 1.95 bits per heavy atom. The predicted molar refractivity (Wildman–Crippen MR) is 80.7 cm³/mol. The van der Waals surface area contributed by atoms with Gasteiger partial charge in [-0.15, -0.1) is 0 Å². The monoisotopic (exact) mass is 265 g/mol. The molecule has 19 heavy (non-hydrogen) atoms. The summed E-state index contributed by atoms with van der Waals surface area (Å²) in [5.41, 5.74) is 3.37. The maximum absolute atomic E-state index is 9.26. The first-order valence-electron chi connectivity index (χ1n) is 7.13. The fourth-order valence-corrected chi connectivity index (χ4v) is 2.48. The number of methoxy groups -OCH3 is 1. The van der Waals surface area contributed by atoms with Gasteiger partial charge in [0.15, 0.2) is 0 Å². The van der Waals surface area contributed by atoms with Crippen molar-refractivity contribution in [2.75, 3.05) is 25.2 Å². The summed E-state index contributed by atoms with van der Waals surface area (Å²) in [5, 5.41) is 9.26. The number of benzene rings is 1. The van der Waals surface area contributed by atoms with Gasteiger partial charge < -0.3 is 14.7 Å². The van der Waals surface area contributed by atoms with Crippen LogP contribution in [-0.4, -0.2) is 31.4 Å². The summed E-state index contributed by atoms with van der Waals surface area (Å²) in [6, 6.07) is 6.83. The Morgan fingerprint density at radius 1 is 1.26 bits per heavy atom. The Balaban J connectivity index is 2.98. The molecule has 3 heteroatoms. The minimum absolute atomic E-state index is 0.106. The molecule has 0 amide bonds. The molecule has 0 aliphatic rings. The summed E-state index contributed by atoms with van der Waals surface area (Å²) in [6.07, 6.45) is 2.25. The van der Waals surface area contributed by atoms with Gasteiger partial charge in [-0.05, 0) is 43.0 Å². The van der Waals surface area contributed by atoms with Gasteiger partial charge in [0.1, 0.15) is 0 Å². The van der Waals surface area contributed by atoms with Crippen molar-refractivity contribution >= 4 is 5.69 Å². The number of rotatable bonds is 8. The molecule has 1 rings (SSSR count). The van der Waals surface area contributed by atoms with E-state index in [1.54, 1.807) is 7.11 Å². The van der Waals surface area contributed by atoms with Crippen molar-refractivity contribution in [1.82, 2.24) is 0 Å². The van der Waals surface area contributed by atoms with Gasteiger partial charge in [-0.3, -0.25) is 0 Å². The molecule has 1 aromatic carbocycles. The van der Waals surface area contributed by atoms with E-state index in [2.05, 4.69) is 37.8 Å². The lowest BCUT2D eigenvalue weighted by molar-refractivity contribution is 0.202. The second kappa shape index (κ2) is 8.18. The van der Waals surface area contributed by atoms with Crippen molar-refractivity contribution in [1.29, 1.82) is 0 Å². The van der Waals surface area contributed by atoms with E-state index in [4.69, 9.17) is 4.74 Å². The molecule has 0 radical (unpaired) electrons. The molecular weight excluding hydrogens is 238 g/mol. The molecule has 0 heterocycles. The maximum Gasteiger partial charge on any atom is 0.0684 e. The summed E-state index contributed by atoms with van der Waals surface area (Å²) >= 11 is 0. The molecule has 0 unspecified atom stereocenters. The van der Waals surface area contributed by atoms with E-state index in [-0.39, 0.29) is 6.61 Å². The number of aryl methyl sites for hydroxylation is 1. The van der Waals surface area contributed by atoms with Crippen LogP contribution in [0.25, 0.3) is 0 Å². The zero-order valence-electron chi connectivity index (χ0n) is 12.6. The molecule has 0 fully saturated rings. The molecule has 0 saturated heterocycles. The van der Waals surface area contributed by atoms with Gasteiger partial charge in [0, 0.05) is 25.4 Å². The number of nitrogens with zero attached hydrogens (tertiary/aromatic N) is 1. The van der Waals surface area contributed by atoms with Gasteiger partial charge in [-0.2, -0.15) is 0 Å². The highest BCUT2D eigenvalue weighted by Gasteiger charge is 2.16. The maximum atomic E-state index is 9.26. The molecule has 0 spiro atoms. The van der Waals surface area contributed by atoms with E-state index in [1.165, 1.54) is 5.69 Å². The number of ether oxygens (including phenoxy) is 1. The first-order valence-corrected chi connectivity index (χ1v) is 7.13. The Hall–Kier alpha value is -1.06. The summed E-state index contributed by atoms with van der Waals surface area (Å²) in [5.74, 6) is 0. The average molecular weight is 265 g/mol. The standard InChI is InChI=1S/C16H27NO2/c1-5-15(6-2)17(9-10-19-4)16-8-7-14(12-18)13(3)11-16/h7-8,11,15,18H,5-6,9-10,12H2,1-4H3. The van der Waals surface area contributed by atoms with Crippen LogP contribution in [0.5, 0.6) is 0 Å². The Bertz CT molecular complexity index is 375. The van der Waals surface area contributed by atoms with Gasteiger partial charge in [0.2, 0.25) is 0 Å². The van der Waals surface area contributed by atoms with Crippen LogP contribution in [0.15, 0.2) is 18.2 Å². The third-order valence-electron chi connectivity index (χ3n) is 3.75. The van der Waals surface area contributed by atoms with Crippen molar-refractivity contribution in [2.24, 2.45) is 0 Å². The normalized spacial score (nSPS) is 11.1. The number of aliphatic hydroxyl groups excluding tert-OH is 1. The molecule has 3 nitrogen and oxygen atoms in total. The molecule has 0 saturated carbocycles. The van der Waals surface area contributed by atoms with E-state index in [0.717, 1.165) is 37.1 Å². The van der Waals surface area contributed by atoms with E-state index >= 15 is 0 Å².